The summed E-state index contributed by atoms with van der Waals surface area (Å²) in [4.78, 5) is 6.17. The molecule has 2 aromatic carbocycles. The lowest BCUT2D eigenvalue weighted by molar-refractivity contribution is 0.411. The highest BCUT2D eigenvalue weighted by atomic mass is 35.5. The molecule has 130 valence electrons. The van der Waals surface area contributed by atoms with E-state index >= 15 is 0 Å². The lowest BCUT2D eigenvalue weighted by atomic mass is 10.2. The number of rotatable bonds is 3. The molecule has 0 unspecified atom stereocenters. The lowest BCUT2D eigenvalue weighted by Crippen LogP contribution is -2.25. The summed E-state index contributed by atoms with van der Waals surface area (Å²) >= 11 is 7.57. The van der Waals surface area contributed by atoms with Crippen molar-refractivity contribution in [2.45, 2.75) is 0 Å². The number of amidine groups is 1. The van der Waals surface area contributed by atoms with Crippen molar-refractivity contribution in [3.8, 4) is 11.3 Å². The van der Waals surface area contributed by atoms with Crippen LogP contribution in [0.25, 0.3) is 16.8 Å². The molecular weight excluding hydrogens is 373 g/mol. The molecule has 0 bridgehead atoms. The number of nitrogens with zero attached hydrogens (tertiary/aromatic N) is 2. The number of anilines is 1. The predicted molar refractivity (Wildman–Crippen MR) is 104 cm³/mol. The molecule has 0 spiro atoms. The standard InChI is InChI=1S/C19H13ClFN3OS/c20-14-4-2-1-3-13(14)15-10-26-19(23-15)17-16(25)9-24(18(17)22)12-7-5-11(21)6-8-12/h1-8,10,22,25H,9H2. The normalized spacial score (nSPS) is 14.4. The zero-order valence-corrected chi connectivity index (χ0v) is 15.0. The maximum atomic E-state index is 13.1. The van der Waals surface area contributed by atoms with Crippen LogP contribution in [0.4, 0.5) is 10.1 Å². The maximum absolute atomic E-state index is 13.1. The first-order valence-electron chi connectivity index (χ1n) is 7.79. The maximum Gasteiger partial charge on any atom is 0.139 e. The zero-order chi connectivity index (χ0) is 18.3. The summed E-state index contributed by atoms with van der Waals surface area (Å²) < 4.78 is 13.1. The second kappa shape index (κ2) is 6.55. The summed E-state index contributed by atoms with van der Waals surface area (Å²) in [6.07, 6.45) is 0. The monoisotopic (exact) mass is 385 g/mol. The van der Waals surface area contributed by atoms with Crippen LogP contribution in [0.2, 0.25) is 5.02 Å². The first kappa shape index (κ1) is 16.8. The minimum atomic E-state index is -0.346. The Morgan fingerprint density at radius 3 is 2.62 bits per heavy atom. The Morgan fingerprint density at radius 2 is 1.88 bits per heavy atom. The van der Waals surface area contributed by atoms with Gasteiger partial charge in [-0.15, -0.1) is 11.3 Å². The minimum Gasteiger partial charge on any atom is -0.510 e. The van der Waals surface area contributed by atoms with Crippen LogP contribution in [0.3, 0.4) is 0 Å². The molecule has 3 aromatic rings. The molecule has 1 aliphatic rings. The molecule has 0 saturated carbocycles. The van der Waals surface area contributed by atoms with Crippen LogP contribution in [0.15, 0.2) is 59.7 Å². The van der Waals surface area contributed by atoms with Crippen molar-refractivity contribution in [1.29, 1.82) is 5.41 Å². The van der Waals surface area contributed by atoms with Crippen LogP contribution in [-0.4, -0.2) is 22.5 Å². The van der Waals surface area contributed by atoms with Gasteiger partial charge in [0.05, 0.1) is 17.8 Å². The average Bonchev–Trinajstić information content (AvgIpc) is 3.21. The Hall–Kier alpha value is -2.70. The highest BCUT2D eigenvalue weighted by Crippen LogP contribution is 2.35. The highest BCUT2D eigenvalue weighted by Gasteiger charge is 2.31. The van der Waals surface area contributed by atoms with E-state index in [0.29, 0.717) is 27.0 Å². The number of nitrogens with one attached hydrogen (secondary N) is 1. The quantitative estimate of drug-likeness (QED) is 0.637. The van der Waals surface area contributed by atoms with Crippen LogP contribution in [0.1, 0.15) is 5.01 Å². The van der Waals surface area contributed by atoms with Crippen molar-refractivity contribution in [2.24, 2.45) is 0 Å². The number of aromatic nitrogens is 1. The van der Waals surface area contributed by atoms with Crippen molar-refractivity contribution in [2.75, 3.05) is 11.4 Å². The van der Waals surface area contributed by atoms with E-state index in [-0.39, 0.29) is 24.0 Å². The Balaban J connectivity index is 1.66. The molecule has 0 aliphatic carbocycles. The van der Waals surface area contributed by atoms with Crippen molar-refractivity contribution in [3.63, 3.8) is 0 Å². The number of hydrogen-bond donors (Lipinski definition) is 2. The summed E-state index contributed by atoms with van der Waals surface area (Å²) in [5.74, 6) is -0.144. The summed E-state index contributed by atoms with van der Waals surface area (Å²) in [6.45, 7) is 0.154. The molecule has 0 fully saturated rings. The van der Waals surface area contributed by atoms with Gasteiger partial charge in [-0.1, -0.05) is 29.8 Å². The summed E-state index contributed by atoms with van der Waals surface area (Å²) in [7, 11) is 0. The third kappa shape index (κ3) is 2.87. The smallest absolute Gasteiger partial charge is 0.139 e. The fourth-order valence-electron chi connectivity index (χ4n) is 2.83. The van der Waals surface area contributed by atoms with E-state index in [4.69, 9.17) is 17.0 Å². The van der Waals surface area contributed by atoms with Crippen LogP contribution in [-0.2, 0) is 0 Å². The molecule has 0 saturated heterocycles. The van der Waals surface area contributed by atoms with Gasteiger partial charge in [0.15, 0.2) is 0 Å². The van der Waals surface area contributed by atoms with E-state index in [1.807, 2.05) is 23.6 Å². The van der Waals surface area contributed by atoms with Crippen molar-refractivity contribution in [1.82, 2.24) is 4.98 Å². The molecule has 4 rings (SSSR count). The molecule has 0 amide bonds. The van der Waals surface area contributed by atoms with Gasteiger partial charge in [0.2, 0.25) is 0 Å². The van der Waals surface area contributed by atoms with Crippen molar-refractivity contribution in [3.05, 3.63) is 75.5 Å². The van der Waals surface area contributed by atoms with E-state index in [2.05, 4.69) is 4.98 Å². The third-order valence-corrected chi connectivity index (χ3v) is 5.30. The summed E-state index contributed by atoms with van der Waals surface area (Å²) in [5.41, 5.74) is 2.53. The van der Waals surface area contributed by atoms with Crippen LogP contribution < -0.4 is 4.90 Å². The van der Waals surface area contributed by atoms with Gasteiger partial charge >= 0.3 is 0 Å². The zero-order valence-electron chi connectivity index (χ0n) is 13.4. The average molecular weight is 386 g/mol. The Morgan fingerprint density at radius 1 is 1.15 bits per heavy atom. The summed E-state index contributed by atoms with van der Waals surface area (Å²) in [6, 6.07) is 13.2. The van der Waals surface area contributed by atoms with Crippen LogP contribution >= 0.6 is 22.9 Å². The molecule has 7 heteroatoms. The van der Waals surface area contributed by atoms with Crippen LogP contribution in [0.5, 0.6) is 0 Å². The van der Waals surface area contributed by atoms with Gasteiger partial charge in [-0.25, -0.2) is 9.37 Å². The molecular formula is C19H13ClFN3OS. The Bertz CT molecular complexity index is 1030. The SMILES string of the molecule is N=C1C(c2nc(-c3ccccc3Cl)cs2)=C(O)CN1c1ccc(F)cc1. The first-order chi connectivity index (χ1) is 12.5. The van der Waals surface area contributed by atoms with Gasteiger partial charge in [0, 0.05) is 21.7 Å². The van der Waals surface area contributed by atoms with E-state index in [1.54, 1.807) is 23.1 Å². The lowest BCUT2D eigenvalue weighted by Gasteiger charge is -2.18. The van der Waals surface area contributed by atoms with Gasteiger partial charge < -0.3 is 10.0 Å². The van der Waals surface area contributed by atoms with E-state index in [0.717, 1.165) is 5.56 Å². The largest absolute Gasteiger partial charge is 0.510 e. The number of benzene rings is 2. The van der Waals surface area contributed by atoms with E-state index in [9.17, 15) is 9.50 Å². The fraction of sp³-hybridized carbons (Fsp3) is 0.0526. The van der Waals surface area contributed by atoms with Crippen molar-refractivity contribution >= 4 is 40.0 Å². The number of halogens is 2. The number of aliphatic hydroxyl groups excluding tert-OH is 1. The molecule has 0 radical (unpaired) electrons. The predicted octanol–water partition coefficient (Wildman–Crippen LogP) is 5.37. The number of hydrogen-bond acceptors (Lipinski definition) is 4. The van der Waals surface area contributed by atoms with Gasteiger partial charge in [-0.05, 0) is 30.3 Å². The molecule has 26 heavy (non-hydrogen) atoms. The van der Waals surface area contributed by atoms with E-state index in [1.165, 1.54) is 23.5 Å². The van der Waals surface area contributed by atoms with Gasteiger partial charge in [0.1, 0.15) is 22.4 Å². The highest BCUT2D eigenvalue weighted by molar-refractivity contribution is 7.11. The van der Waals surface area contributed by atoms with Crippen molar-refractivity contribution < 1.29 is 9.50 Å². The first-order valence-corrected chi connectivity index (χ1v) is 9.05. The Labute approximate surface area is 158 Å². The van der Waals surface area contributed by atoms with Gasteiger partial charge in [0.25, 0.3) is 0 Å². The number of aliphatic hydroxyl groups is 1. The minimum absolute atomic E-state index is 0.0689. The number of thiazole rings is 1. The Kier molecular flexibility index (Phi) is 4.22. The van der Waals surface area contributed by atoms with Gasteiger partial charge in [-0.2, -0.15) is 0 Å². The topological polar surface area (TPSA) is 60.2 Å². The van der Waals surface area contributed by atoms with Gasteiger partial charge in [-0.3, -0.25) is 5.41 Å². The molecule has 1 aliphatic heterocycles. The molecule has 4 nitrogen and oxygen atoms in total. The van der Waals surface area contributed by atoms with Crippen LogP contribution in [0, 0.1) is 11.2 Å². The summed E-state index contributed by atoms with van der Waals surface area (Å²) in [5, 5.41) is 21.8. The second-order valence-electron chi connectivity index (χ2n) is 5.75. The molecule has 2 heterocycles. The third-order valence-electron chi connectivity index (χ3n) is 4.11. The fourth-order valence-corrected chi connectivity index (χ4v) is 3.95. The van der Waals surface area contributed by atoms with E-state index < -0.39 is 0 Å². The molecule has 2 N–H and O–H groups in total. The molecule has 1 aromatic heterocycles. The molecule has 0 atom stereocenters. The second-order valence-corrected chi connectivity index (χ2v) is 7.02.